The molecule has 10 rings (SSSR count). The van der Waals surface area contributed by atoms with Gasteiger partial charge in [-0.05, 0) is 136 Å². The molecule has 6 aromatic rings. The summed E-state index contributed by atoms with van der Waals surface area (Å²) in [5.74, 6) is 0.920. The minimum absolute atomic E-state index is 0.144. The van der Waals surface area contributed by atoms with Crippen molar-refractivity contribution in [3.8, 4) is 0 Å². The number of para-hydroxylation sites is 2. The van der Waals surface area contributed by atoms with E-state index in [2.05, 4.69) is 169 Å². The van der Waals surface area contributed by atoms with Crippen molar-refractivity contribution >= 4 is 50.8 Å². The Morgan fingerprint density at radius 2 is 1.31 bits per heavy atom. The first-order chi connectivity index (χ1) is 26.6. The average Bonchev–Trinajstić information content (AvgIpc) is 3.50. The number of nitrogens with zero attached hydrogens (tertiary/aromatic N) is 2. The topological polar surface area (TPSA) is 6.48 Å². The van der Waals surface area contributed by atoms with Crippen LogP contribution in [0.4, 0.5) is 17.1 Å². The first kappa shape index (κ1) is 33.2. The highest BCUT2D eigenvalue weighted by atomic mass is 15.2. The van der Waals surface area contributed by atoms with E-state index >= 15 is 0 Å². The Morgan fingerprint density at radius 3 is 2.06 bits per heavy atom. The lowest BCUT2D eigenvalue weighted by Gasteiger charge is -2.40. The number of aryl methyl sites for hydroxylation is 2. The van der Waals surface area contributed by atoms with Crippen molar-refractivity contribution in [3.05, 3.63) is 173 Å². The van der Waals surface area contributed by atoms with Crippen LogP contribution in [0.15, 0.2) is 139 Å². The highest BCUT2D eigenvalue weighted by molar-refractivity contribution is 6.09. The van der Waals surface area contributed by atoms with Gasteiger partial charge in [-0.1, -0.05) is 130 Å². The van der Waals surface area contributed by atoms with E-state index in [0.717, 1.165) is 19.5 Å². The molecule has 2 aliphatic carbocycles. The zero-order valence-electron chi connectivity index (χ0n) is 31.8. The van der Waals surface area contributed by atoms with E-state index in [0.29, 0.717) is 11.8 Å². The van der Waals surface area contributed by atoms with Crippen LogP contribution in [0.3, 0.4) is 0 Å². The molecule has 3 atom stereocenters. The molecule has 0 saturated heterocycles. The fourth-order valence-electron chi connectivity index (χ4n) is 10.7. The Morgan fingerprint density at radius 1 is 0.667 bits per heavy atom. The predicted octanol–water partition coefficient (Wildman–Crippen LogP) is 13.3. The Labute approximate surface area is 321 Å². The predicted molar refractivity (Wildman–Crippen MR) is 231 cm³/mol. The summed E-state index contributed by atoms with van der Waals surface area (Å²) in [5, 5.41) is 5.22. The quantitative estimate of drug-likeness (QED) is 0.121. The molecule has 2 heteroatoms. The molecular weight excluding hydrogens is 653 g/mol. The standard InChI is InChI=1S/C52H50N2/c1-3-29-52(4-2)48-33-37(20-26-46(48)47-28-24-43(35-49(47)52)54-31-10-14-39-12-6-8-16-51(39)54)18-17-36-19-25-44-40(32-36)21-22-41-34-42(23-27-45(41)44)53-30-9-13-38-11-5-7-15-50(38)53/h5-8,11-12,15-28,32-35,47,49H,3-4,9-10,13-14,29-31H2,1-2H3/b18-17+. The summed E-state index contributed by atoms with van der Waals surface area (Å²) in [7, 11) is 0. The minimum atomic E-state index is 0.144. The van der Waals surface area contributed by atoms with Gasteiger partial charge in [0.1, 0.15) is 0 Å². The number of hydrogen-bond acceptors (Lipinski definition) is 2. The molecule has 3 unspecified atom stereocenters. The average molecular weight is 703 g/mol. The molecule has 2 aliphatic heterocycles. The lowest BCUT2D eigenvalue weighted by atomic mass is 9.66. The fraction of sp³-hybridized carbons (Fsp3) is 0.269. The smallest absolute Gasteiger partial charge is 0.0443 e. The molecule has 268 valence electrons. The number of fused-ring (bicyclic) bond motifs is 8. The van der Waals surface area contributed by atoms with E-state index < -0.39 is 0 Å². The van der Waals surface area contributed by atoms with Gasteiger partial charge in [-0.2, -0.15) is 0 Å². The molecule has 0 radical (unpaired) electrons. The Balaban J connectivity index is 0.938. The summed E-state index contributed by atoms with van der Waals surface area (Å²) in [4.78, 5) is 5.09. The van der Waals surface area contributed by atoms with Crippen LogP contribution in [0, 0.1) is 5.92 Å². The Kier molecular flexibility index (Phi) is 8.31. The van der Waals surface area contributed by atoms with Crippen LogP contribution in [-0.2, 0) is 18.3 Å². The van der Waals surface area contributed by atoms with Crippen molar-refractivity contribution in [2.24, 2.45) is 5.92 Å². The van der Waals surface area contributed by atoms with Gasteiger partial charge in [0.25, 0.3) is 0 Å². The molecule has 0 fully saturated rings. The van der Waals surface area contributed by atoms with Gasteiger partial charge < -0.3 is 9.80 Å². The van der Waals surface area contributed by atoms with E-state index in [9.17, 15) is 0 Å². The molecule has 4 aliphatic rings. The molecule has 2 nitrogen and oxygen atoms in total. The second kappa shape index (κ2) is 13.5. The van der Waals surface area contributed by atoms with Crippen molar-refractivity contribution in [1.82, 2.24) is 0 Å². The molecule has 0 saturated carbocycles. The van der Waals surface area contributed by atoms with Crippen LogP contribution in [0.2, 0.25) is 0 Å². The Bertz CT molecular complexity index is 2500. The van der Waals surface area contributed by atoms with Crippen LogP contribution in [0.5, 0.6) is 0 Å². The summed E-state index contributed by atoms with van der Waals surface area (Å²) in [6, 6.07) is 43.8. The monoisotopic (exact) mass is 702 g/mol. The van der Waals surface area contributed by atoms with E-state index in [1.165, 1.54) is 111 Å². The molecule has 54 heavy (non-hydrogen) atoms. The third-order valence-corrected chi connectivity index (χ3v) is 13.3. The molecule has 2 heterocycles. The maximum atomic E-state index is 2.66. The van der Waals surface area contributed by atoms with Gasteiger partial charge in [0.15, 0.2) is 0 Å². The lowest BCUT2D eigenvalue weighted by molar-refractivity contribution is 0.290. The molecule has 6 aromatic carbocycles. The zero-order chi connectivity index (χ0) is 36.2. The second-order valence-corrected chi connectivity index (χ2v) is 16.2. The first-order valence-corrected chi connectivity index (χ1v) is 20.5. The molecular formula is C52H50N2. The normalized spacial score (nSPS) is 21.6. The van der Waals surface area contributed by atoms with E-state index in [1.54, 1.807) is 5.56 Å². The van der Waals surface area contributed by atoms with Gasteiger partial charge >= 0.3 is 0 Å². The number of hydrogen-bond donors (Lipinski definition) is 0. The van der Waals surface area contributed by atoms with Gasteiger partial charge in [-0.15, -0.1) is 0 Å². The number of allylic oxidation sites excluding steroid dienone is 3. The van der Waals surface area contributed by atoms with Crippen molar-refractivity contribution in [3.63, 3.8) is 0 Å². The first-order valence-electron chi connectivity index (χ1n) is 20.5. The minimum Gasteiger partial charge on any atom is -0.342 e. The second-order valence-electron chi connectivity index (χ2n) is 16.2. The summed E-state index contributed by atoms with van der Waals surface area (Å²) in [6.45, 7) is 6.96. The van der Waals surface area contributed by atoms with Crippen LogP contribution in [-0.4, -0.2) is 13.1 Å². The van der Waals surface area contributed by atoms with E-state index in [-0.39, 0.29) is 5.41 Å². The highest BCUT2D eigenvalue weighted by Crippen LogP contribution is 2.58. The van der Waals surface area contributed by atoms with Crippen molar-refractivity contribution in [2.75, 3.05) is 22.9 Å². The summed E-state index contributed by atoms with van der Waals surface area (Å²) < 4.78 is 0. The maximum absolute atomic E-state index is 2.66. The van der Waals surface area contributed by atoms with Crippen LogP contribution in [0.25, 0.3) is 33.7 Å². The van der Waals surface area contributed by atoms with Crippen LogP contribution < -0.4 is 9.80 Å². The van der Waals surface area contributed by atoms with Gasteiger partial charge in [-0.25, -0.2) is 0 Å². The maximum Gasteiger partial charge on any atom is 0.0443 e. The molecule has 0 amide bonds. The number of anilines is 3. The van der Waals surface area contributed by atoms with Crippen molar-refractivity contribution < 1.29 is 0 Å². The SMILES string of the molecule is CCCC1(CC)c2cc(/C=C/c3ccc4c(ccc5cc(N6CCCc7ccccc76)ccc54)c3)ccc2C2C=CC(N3CCCc4ccccc43)=CC21. The van der Waals surface area contributed by atoms with Crippen LogP contribution in [0.1, 0.15) is 85.3 Å². The molecule has 0 spiro atoms. The molecule has 0 N–H and O–H groups in total. The summed E-state index contributed by atoms with van der Waals surface area (Å²) in [5.41, 5.74) is 14.1. The fourth-order valence-corrected chi connectivity index (χ4v) is 10.7. The summed E-state index contributed by atoms with van der Waals surface area (Å²) >= 11 is 0. The zero-order valence-corrected chi connectivity index (χ0v) is 31.8. The van der Waals surface area contributed by atoms with E-state index in [1.807, 2.05) is 0 Å². The van der Waals surface area contributed by atoms with Gasteiger partial charge in [0, 0.05) is 47.2 Å². The van der Waals surface area contributed by atoms with E-state index in [4.69, 9.17) is 0 Å². The van der Waals surface area contributed by atoms with Gasteiger partial charge in [0.05, 0.1) is 0 Å². The lowest BCUT2D eigenvalue weighted by Crippen LogP contribution is -2.35. The van der Waals surface area contributed by atoms with Crippen molar-refractivity contribution in [2.45, 2.75) is 70.1 Å². The molecule has 0 aromatic heterocycles. The highest BCUT2D eigenvalue weighted by Gasteiger charge is 2.49. The summed E-state index contributed by atoms with van der Waals surface area (Å²) in [6.07, 6.45) is 20.6. The third kappa shape index (κ3) is 5.45. The van der Waals surface area contributed by atoms with Gasteiger partial charge in [-0.3, -0.25) is 0 Å². The largest absolute Gasteiger partial charge is 0.342 e. The number of rotatable bonds is 7. The van der Waals surface area contributed by atoms with Gasteiger partial charge in [0.2, 0.25) is 0 Å². The Hall–Kier alpha value is -5.34. The molecule has 0 bridgehead atoms. The van der Waals surface area contributed by atoms with Crippen molar-refractivity contribution in [1.29, 1.82) is 0 Å². The van der Waals surface area contributed by atoms with Crippen LogP contribution >= 0.6 is 0 Å². The third-order valence-electron chi connectivity index (χ3n) is 13.3. The number of benzene rings is 6.